The summed E-state index contributed by atoms with van der Waals surface area (Å²) in [6, 6.07) is 3.57. The van der Waals surface area contributed by atoms with E-state index in [0.717, 1.165) is 38.2 Å². The topological polar surface area (TPSA) is 46.9 Å². The van der Waals surface area contributed by atoms with Gasteiger partial charge in [0.15, 0.2) is 0 Å². The molecule has 0 radical (unpaired) electrons. The van der Waals surface area contributed by atoms with Crippen molar-refractivity contribution < 1.29 is 19.0 Å². The van der Waals surface area contributed by atoms with Gasteiger partial charge in [0.25, 0.3) is 0 Å². The Morgan fingerprint density at radius 3 is 2.57 bits per heavy atom. The van der Waals surface area contributed by atoms with Crippen LogP contribution in [0, 0.1) is 11.6 Å². The van der Waals surface area contributed by atoms with Gasteiger partial charge in [-0.2, -0.15) is 0 Å². The normalized spacial score (nSPS) is 23.0. The third-order valence-electron chi connectivity index (χ3n) is 4.41. The van der Waals surface area contributed by atoms with Crippen LogP contribution < -0.4 is 0 Å². The van der Waals surface area contributed by atoms with Gasteiger partial charge in [-0.1, -0.05) is 13.0 Å². The van der Waals surface area contributed by atoms with Gasteiger partial charge in [0, 0.05) is 50.4 Å². The molecule has 0 amide bonds. The number of hydrogen-bond acceptors (Lipinski definition) is 4. The molecule has 2 rings (SSSR count). The molecule has 0 bridgehead atoms. The molecule has 0 aromatic heterocycles. The molecule has 1 aliphatic heterocycles. The Balaban J connectivity index is 1.95. The maximum atomic E-state index is 13.7. The summed E-state index contributed by atoms with van der Waals surface area (Å²) in [5.74, 6) is -1.35. The van der Waals surface area contributed by atoms with E-state index in [-0.39, 0.29) is 11.7 Å². The van der Waals surface area contributed by atoms with Gasteiger partial charge >= 0.3 is 0 Å². The number of piperazine rings is 1. The number of hydrogen-bond donors (Lipinski definition) is 2. The summed E-state index contributed by atoms with van der Waals surface area (Å²) in [6.45, 7) is 7.16. The molecule has 2 N–H and O–H groups in total. The van der Waals surface area contributed by atoms with Crippen LogP contribution in [0.3, 0.4) is 0 Å². The zero-order valence-corrected chi connectivity index (χ0v) is 13.8. The number of nitrogens with zero attached hydrogens (tertiary/aromatic N) is 2. The number of rotatable bonds is 6. The van der Waals surface area contributed by atoms with Gasteiger partial charge in [0.2, 0.25) is 0 Å². The largest absolute Gasteiger partial charge is 0.392 e. The van der Waals surface area contributed by atoms with E-state index in [4.69, 9.17) is 0 Å². The van der Waals surface area contributed by atoms with Gasteiger partial charge < -0.3 is 10.2 Å². The zero-order valence-electron chi connectivity index (χ0n) is 13.8. The van der Waals surface area contributed by atoms with E-state index in [1.54, 1.807) is 6.92 Å². The van der Waals surface area contributed by atoms with E-state index in [0.29, 0.717) is 19.1 Å². The predicted molar refractivity (Wildman–Crippen MR) is 85.1 cm³/mol. The van der Waals surface area contributed by atoms with Crippen LogP contribution in [0.5, 0.6) is 0 Å². The lowest BCUT2D eigenvalue weighted by Gasteiger charge is -2.42. The average molecular weight is 328 g/mol. The van der Waals surface area contributed by atoms with Crippen molar-refractivity contribution in [2.45, 2.75) is 38.5 Å². The Labute approximate surface area is 136 Å². The molecule has 1 fully saturated rings. The summed E-state index contributed by atoms with van der Waals surface area (Å²) < 4.78 is 26.7. The highest BCUT2D eigenvalue weighted by Crippen LogP contribution is 2.21. The highest BCUT2D eigenvalue weighted by atomic mass is 19.1. The molecule has 1 aromatic rings. The van der Waals surface area contributed by atoms with Crippen molar-refractivity contribution in [3.05, 3.63) is 35.4 Å². The summed E-state index contributed by atoms with van der Waals surface area (Å²) in [7, 11) is 0. The first-order valence-electron chi connectivity index (χ1n) is 8.18. The van der Waals surface area contributed by atoms with Crippen molar-refractivity contribution in [2.75, 3.05) is 32.7 Å². The van der Waals surface area contributed by atoms with Gasteiger partial charge in [0.1, 0.15) is 11.6 Å². The molecule has 1 saturated heterocycles. The number of β-amino-alcohol motifs (C(OH)–C–C–N with tert-alkyl or cyclic N) is 2. The number of aliphatic hydroxyl groups is 2. The van der Waals surface area contributed by atoms with E-state index >= 15 is 0 Å². The molecule has 1 aliphatic rings. The molecule has 1 aromatic carbocycles. The molecule has 3 atom stereocenters. The van der Waals surface area contributed by atoms with Crippen LogP contribution in [0.1, 0.15) is 31.9 Å². The van der Waals surface area contributed by atoms with Crippen molar-refractivity contribution in [3.8, 4) is 0 Å². The summed E-state index contributed by atoms with van der Waals surface area (Å²) >= 11 is 0. The zero-order chi connectivity index (χ0) is 17.0. The van der Waals surface area contributed by atoms with Crippen LogP contribution in [0.2, 0.25) is 0 Å². The molecule has 23 heavy (non-hydrogen) atoms. The van der Waals surface area contributed by atoms with Gasteiger partial charge in [-0.15, -0.1) is 0 Å². The molecular weight excluding hydrogens is 302 g/mol. The van der Waals surface area contributed by atoms with Crippen LogP contribution in [0.4, 0.5) is 8.78 Å². The number of halogens is 2. The summed E-state index contributed by atoms with van der Waals surface area (Å²) in [4.78, 5) is 4.35. The Morgan fingerprint density at radius 2 is 1.96 bits per heavy atom. The van der Waals surface area contributed by atoms with Crippen molar-refractivity contribution in [3.63, 3.8) is 0 Å². The SMILES string of the molecule is CC[C@@H]1CN(C[C@H](O)c2ccc(F)cc2F)CCN1C[C@@H](C)O. The molecule has 4 nitrogen and oxygen atoms in total. The summed E-state index contributed by atoms with van der Waals surface area (Å²) in [5.41, 5.74) is 0.130. The van der Waals surface area contributed by atoms with Gasteiger partial charge in [0.05, 0.1) is 12.2 Å². The summed E-state index contributed by atoms with van der Waals surface area (Å²) in [6.07, 6.45) is -0.393. The Bertz CT molecular complexity index is 513. The third kappa shape index (κ3) is 4.94. The standard InChI is InChI=1S/C17H26F2N2O2/c1-3-14-10-20(6-7-21(14)9-12(2)22)11-17(23)15-5-4-13(18)8-16(15)19/h4-5,8,12,14,17,22-23H,3,6-7,9-11H2,1-2H3/t12-,14-,17+/m1/s1. The minimum atomic E-state index is -0.976. The number of aliphatic hydroxyl groups excluding tert-OH is 2. The molecule has 1 heterocycles. The van der Waals surface area contributed by atoms with Crippen molar-refractivity contribution in [1.82, 2.24) is 9.80 Å². The highest BCUT2D eigenvalue weighted by Gasteiger charge is 2.28. The first-order valence-corrected chi connectivity index (χ1v) is 8.18. The Hall–Kier alpha value is -1.08. The van der Waals surface area contributed by atoms with Crippen LogP contribution in [-0.4, -0.2) is 64.9 Å². The van der Waals surface area contributed by atoms with Crippen LogP contribution in [0.25, 0.3) is 0 Å². The second-order valence-corrected chi connectivity index (χ2v) is 6.35. The first-order chi connectivity index (χ1) is 10.9. The highest BCUT2D eigenvalue weighted by molar-refractivity contribution is 5.21. The van der Waals surface area contributed by atoms with Crippen molar-refractivity contribution >= 4 is 0 Å². The molecule has 0 spiro atoms. The maximum absolute atomic E-state index is 13.7. The maximum Gasteiger partial charge on any atom is 0.131 e. The molecule has 0 unspecified atom stereocenters. The Kier molecular flexibility index (Phi) is 6.47. The fourth-order valence-electron chi connectivity index (χ4n) is 3.20. The predicted octanol–water partition coefficient (Wildman–Crippen LogP) is 1.78. The molecule has 6 heteroatoms. The quantitative estimate of drug-likeness (QED) is 0.836. The van der Waals surface area contributed by atoms with Gasteiger partial charge in [-0.3, -0.25) is 9.80 Å². The third-order valence-corrected chi connectivity index (χ3v) is 4.41. The monoisotopic (exact) mass is 328 g/mol. The van der Waals surface area contributed by atoms with E-state index in [1.165, 1.54) is 6.07 Å². The van der Waals surface area contributed by atoms with E-state index in [1.807, 2.05) is 0 Å². The van der Waals surface area contributed by atoms with Gasteiger partial charge in [-0.25, -0.2) is 8.78 Å². The van der Waals surface area contributed by atoms with Crippen LogP contribution in [-0.2, 0) is 0 Å². The second-order valence-electron chi connectivity index (χ2n) is 6.35. The minimum Gasteiger partial charge on any atom is -0.392 e. The van der Waals surface area contributed by atoms with E-state index in [2.05, 4.69) is 16.7 Å². The fraction of sp³-hybridized carbons (Fsp3) is 0.647. The second kappa shape index (κ2) is 8.15. The molecule has 130 valence electrons. The summed E-state index contributed by atoms with van der Waals surface area (Å²) in [5, 5.41) is 19.8. The number of benzene rings is 1. The smallest absolute Gasteiger partial charge is 0.131 e. The average Bonchev–Trinajstić information content (AvgIpc) is 2.48. The lowest BCUT2D eigenvalue weighted by atomic mass is 10.1. The molecule has 0 aliphatic carbocycles. The van der Waals surface area contributed by atoms with Crippen LogP contribution in [0.15, 0.2) is 18.2 Å². The minimum absolute atomic E-state index is 0.130. The molecular formula is C17H26F2N2O2. The lowest BCUT2D eigenvalue weighted by Crippen LogP contribution is -2.55. The molecule has 0 saturated carbocycles. The van der Waals surface area contributed by atoms with Crippen molar-refractivity contribution in [2.24, 2.45) is 0 Å². The fourth-order valence-corrected chi connectivity index (χ4v) is 3.20. The first kappa shape index (κ1) is 18.3. The van der Waals surface area contributed by atoms with Crippen molar-refractivity contribution in [1.29, 1.82) is 0 Å². The Morgan fingerprint density at radius 1 is 1.22 bits per heavy atom. The van der Waals surface area contributed by atoms with Gasteiger partial charge in [-0.05, 0) is 19.4 Å². The van der Waals surface area contributed by atoms with E-state index < -0.39 is 17.7 Å². The van der Waals surface area contributed by atoms with E-state index in [9.17, 15) is 19.0 Å². The van der Waals surface area contributed by atoms with Crippen LogP contribution >= 0.6 is 0 Å². The lowest BCUT2D eigenvalue weighted by molar-refractivity contribution is 0.0165.